The molecule has 0 saturated carbocycles. The zero-order valence-electron chi connectivity index (χ0n) is 12.0. The Bertz CT molecular complexity index is 681. The van der Waals surface area contributed by atoms with Crippen LogP contribution in [0.5, 0.6) is 11.5 Å². The van der Waals surface area contributed by atoms with Crippen molar-refractivity contribution in [2.75, 3.05) is 26.5 Å². The smallest absolute Gasteiger partial charge is 0.162 e. The third-order valence-corrected chi connectivity index (χ3v) is 2.97. The molecule has 110 valence electrons. The van der Waals surface area contributed by atoms with Crippen LogP contribution in [0.1, 0.15) is 12.2 Å². The Labute approximate surface area is 122 Å². The summed E-state index contributed by atoms with van der Waals surface area (Å²) in [6, 6.07) is 5.59. The second kappa shape index (κ2) is 6.72. The van der Waals surface area contributed by atoms with Gasteiger partial charge in [0.25, 0.3) is 0 Å². The van der Waals surface area contributed by atoms with Crippen molar-refractivity contribution in [3.63, 3.8) is 0 Å². The van der Waals surface area contributed by atoms with E-state index in [-0.39, 0.29) is 0 Å². The van der Waals surface area contributed by atoms with Crippen LogP contribution in [0.25, 0.3) is 10.9 Å². The minimum Gasteiger partial charge on any atom is -0.493 e. The fraction of sp³-hybridized carbons (Fsp3) is 0.357. The molecular weight excluding hydrogens is 270 g/mol. The van der Waals surface area contributed by atoms with Crippen molar-refractivity contribution in [3.05, 3.63) is 18.0 Å². The number of nitrogens with one attached hydrogen (secondary N) is 1. The van der Waals surface area contributed by atoms with Crippen LogP contribution in [0, 0.1) is 11.3 Å². The van der Waals surface area contributed by atoms with Crippen LogP contribution in [0.2, 0.25) is 0 Å². The van der Waals surface area contributed by atoms with E-state index in [1.165, 1.54) is 0 Å². The number of anilines is 1. The number of fused-ring (bicyclic) bond motifs is 1. The zero-order valence-corrected chi connectivity index (χ0v) is 12.0. The van der Waals surface area contributed by atoms with Gasteiger partial charge in [-0.05, 0) is 6.07 Å². The molecule has 7 heteroatoms. The van der Waals surface area contributed by atoms with E-state index in [0.717, 1.165) is 0 Å². The number of benzene rings is 1. The molecule has 0 atom stereocenters. The predicted molar refractivity (Wildman–Crippen MR) is 79.0 cm³/mol. The number of ether oxygens (including phenoxy) is 2. The third-order valence-electron chi connectivity index (χ3n) is 2.97. The van der Waals surface area contributed by atoms with Crippen molar-refractivity contribution < 1.29 is 9.47 Å². The van der Waals surface area contributed by atoms with E-state index in [4.69, 9.17) is 20.5 Å². The van der Waals surface area contributed by atoms with Crippen LogP contribution in [0.3, 0.4) is 0 Å². The first-order chi connectivity index (χ1) is 10.2. The van der Waals surface area contributed by atoms with Crippen molar-refractivity contribution in [1.82, 2.24) is 15.3 Å². The van der Waals surface area contributed by atoms with Crippen molar-refractivity contribution in [2.24, 2.45) is 0 Å². The monoisotopic (exact) mass is 287 g/mol. The molecule has 1 aromatic heterocycles. The molecule has 0 aliphatic heterocycles. The molecule has 0 bridgehead atoms. The standard InChI is InChI=1S/C14H17N5O2/c1-20-11-6-9-10(7-12(11)21-2)18-13(19-14(9)16)8-17-5-3-4-15/h6-7,17H,3,5,8H2,1-2H3,(H2,16,18,19). The first-order valence-electron chi connectivity index (χ1n) is 6.45. The van der Waals surface area contributed by atoms with Gasteiger partial charge < -0.3 is 20.5 Å². The SMILES string of the molecule is COc1cc2nc(CNCCC#N)nc(N)c2cc1OC. The quantitative estimate of drug-likeness (QED) is 0.769. The molecule has 0 amide bonds. The highest BCUT2D eigenvalue weighted by molar-refractivity contribution is 5.90. The number of methoxy groups -OCH3 is 2. The fourth-order valence-corrected chi connectivity index (χ4v) is 1.95. The molecule has 1 heterocycles. The van der Waals surface area contributed by atoms with E-state index in [9.17, 15) is 0 Å². The van der Waals surface area contributed by atoms with Crippen LogP contribution in [0.15, 0.2) is 12.1 Å². The number of nitriles is 1. The molecule has 0 radical (unpaired) electrons. The molecule has 3 N–H and O–H groups in total. The molecular formula is C14H17N5O2. The van der Waals surface area contributed by atoms with Gasteiger partial charge >= 0.3 is 0 Å². The number of hydrogen-bond acceptors (Lipinski definition) is 7. The van der Waals surface area contributed by atoms with E-state index >= 15 is 0 Å². The third kappa shape index (κ3) is 3.30. The Morgan fingerprint density at radius 1 is 1.24 bits per heavy atom. The van der Waals surface area contributed by atoms with Gasteiger partial charge in [0.2, 0.25) is 0 Å². The summed E-state index contributed by atoms with van der Waals surface area (Å²) >= 11 is 0. The Balaban J connectivity index is 2.33. The highest BCUT2D eigenvalue weighted by atomic mass is 16.5. The number of nitrogens with zero attached hydrogens (tertiary/aromatic N) is 3. The number of rotatable bonds is 6. The molecule has 0 fully saturated rings. The lowest BCUT2D eigenvalue weighted by Crippen LogP contribution is -2.17. The molecule has 0 spiro atoms. The summed E-state index contributed by atoms with van der Waals surface area (Å²) in [6.07, 6.45) is 0.439. The Hall–Kier alpha value is -2.59. The van der Waals surface area contributed by atoms with E-state index in [1.54, 1.807) is 26.4 Å². The maximum Gasteiger partial charge on any atom is 0.162 e. The molecule has 0 aliphatic carbocycles. The van der Waals surface area contributed by atoms with Crippen molar-refractivity contribution in [2.45, 2.75) is 13.0 Å². The first kappa shape index (κ1) is 14.8. The minimum atomic E-state index is 0.387. The maximum atomic E-state index is 8.49. The lowest BCUT2D eigenvalue weighted by molar-refractivity contribution is 0.356. The average molecular weight is 287 g/mol. The maximum absolute atomic E-state index is 8.49. The van der Waals surface area contributed by atoms with Crippen LogP contribution in [-0.4, -0.2) is 30.7 Å². The second-order valence-corrected chi connectivity index (χ2v) is 4.33. The molecule has 0 aliphatic rings. The lowest BCUT2D eigenvalue weighted by Gasteiger charge is -2.11. The van der Waals surface area contributed by atoms with E-state index < -0.39 is 0 Å². The van der Waals surface area contributed by atoms with Crippen molar-refractivity contribution in [1.29, 1.82) is 5.26 Å². The van der Waals surface area contributed by atoms with Gasteiger partial charge in [0, 0.05) is 24.4 Å². The van der Waals surface area contributed by atoms with E-state index in [0.29, 0.717) is 53.6 Å². The largest absolute Gasteiger partial charge is 0.493 e. The van der Waals surface area contributed by atoms with Crippen LogP contribution in [0.4, 0.5) is 5.82 Å². The summed E-state index contributed by atoms with van der Waals surface area (Å²) < 4.78 is 10.5. The molecule has 7 nitrogen and oxygen atoms in total. The highest BCUT2D eigenvalue weighted by Crippen LogP contribution is 2.33. The van der Waals surface area contributed by atoms with Crippen LogP contribution < -0.4 is 20.5 Å². The molecule has 0 unspecified atom stereocenters. The van der Waals surface area contributed by atoms with Gasteiger partial charge in [0.15, 0.2) is 11.5 Å². The normalized spacial score (nSPS) is 10.3. The van der Waals surface area contributed by atoms with Gasteiger partial charge in [-0.25, -0.2) is 9.97 Å². The first-order valence-corrected chi connectivity index (χ1v) is 6.45. The van der Waals surface area contributed by atoms with Gasteiger partial charge in [-0.2, -0.15) is 5.26 Å². The highest BCUT2D eigenvalue weighted by Gasteiger charge is 2.11. The van der Waals surface area contributed by atoms with Gasteiger partial charge in [-0.15, -0.1) is 0 Å². The van der Waals surface area contributed by atoms with Gasteiger partial charge in [-0.1, -0.05) is 0 Å². The van der Waals surface area contributed by atoms with Gasteiger partial charge in [0.05, 0.1) is 32.4 Å². The lowest BCUT2D eigenvalue weighted by atomic mass is 10.2. The van der Waals surface area contributed by atoms with E-state index in [2.05, 4.69) is 21.4 Å². The number of nitrogens with two attached hydrogens (primary N) is 1. The molecule has 2 aromatic rings. The Kier molecular flexibility index (Phi) is 4.74. The molecule has 21 heavy (non-hydrogen) atoms. The summed E-state index contributed by atoms with van der Waals surface area (Å²) in [5, 5.41) is 12.3. The topological polar surface area (TPSA) is 106 Å². The summed E-state index contributed by atoms with van der Waals surface area (Å²) in [5.74, 6) is 2.13. The Morgan fingerprint density at radius 2 is 1.95 bits per heavy atom. The summed E-state index contributed by atoms with van der Waals surface area (Å²) in [4.78, 5) is 8.70. The number of nitrogen functional groups attached to an aromatic ring is 1. The fourth-order valence-electron chi connectivity index (χ4n) is 1.95. The average Bonchev–Trinajstić information content (AvgIpc) is 2.50. The van der Waals surface area contributed by atoms with Gasteiger partial charge in [0.1, 0.15) is 11.6 Å². The predicted octanol–water partition coefficient (Wildman–Crippen LogP) is 1.23. The summed E-state index contributed by atoms with van der Waals surface area (Å²) in [7, 11) is 3.13. The molecule has 1 aromatic carbocycles. The second-order valence-electron chi connectivity index (χ2n) is 4.33. The number of hydrogen-bond donors (Lipinski definition) is 2. The van der Waals surface area contributed by atoms with Crippen molar-refractivity contribution in [3.8, 4) is 17.6 Å². The van der Waals surface area contributed by atoms with Crippen LogP contribution >= 0.6 is 0 Å². The minimum absolute atomic E-state index is 0.387. The van der Waals surface area contributed by atoms with Gasteiger partial charge in [-0.3, -0.25) is 0 Å². The molecule has 0 saturated heterocycles. The van der Waals surface area contributed by atoms with E-state index in [1.807, 2.05) is 0 Å². The van der Waals surface area contributed by atoms with Crippen LogP contribution in [-0.2, 0) is 6.54 Å². The Morgan fingerprint density at radius 3 is 2.62 bits per heavy atom. The summed E-state index contributed by atoms with van der Waals surface area (Å²) in [6.45, 7) is 1.04. The zero-order chi connectivity index (χ0) is 15.2. The number of aromatic nitrogens is 2. The molecule has 2 rings (SSSR count). The summed E-state index contributed by atoms with van der Waals surface area (Å²) in [5.41, 5.74) is 6.67. The van der Waals surface area contributed by atoms with Crippen molar-refractivity contribution >= 4 is 16.7 Å².